The third-order valence-corrected chi connectivity index (χ3v) is 4.25. The molecule has 1 heterocycles. The molecule has 0 fully saturated rings. The van der Waals surface area contributed by atoms with Crippen molar-refractivity contribution < 1.29 is 14.6 Å². The highest BCUT2D eigenvalue weighted by Crippen LogP contribution is 2.36. The van der Waals surface area contributed by atoms with Crippen molar-refractivity contribution in [3.8, 4) is 5.75 Å². The topological polar surface area (TPSA) is 49.8 Å². The Bertz CT molecular complexity index is 715. The molecule has 3 rings (SSSR count). The molecule has 5 heteroatoms. The normalized spacial score (nSPS) is 16.8. The van der Waals surface area contributed by atoms with Crippen LogP contribution in [0.15, 0.2) is 42.5 Å². The largest absolute Gasteiger partial charge is 0.484 e. The van der Waals surface area contributed by atoms with Crippen LogP contribution in [0.3, 0.4) is 0 Å². The molecule has 0 saturated carbocycles. The van der Waals surface area contributed by atoms with Crippen LogP contribution in [0.4, 0.5) is 5.69 Å². The van der Waals surface area contributed by atoms with Crippen LogP contribution >= 0.6 is 11.6 Å². The molecule has 0 aromatic heterocycles. The zero-order valence-electron chi connectivity index (χ0n) is 12.8. The highest BCUT2D eigenvalue weighted by Gasteiger charge is 2.28. The molecule has 1 atom stereocenters. The lowest BCUT2D eigenvalue weighted by Gasteiger charge is -2.33. The monoisotopic (exact) mass is 331 g/mol. The van der Waals surface area contributed by atoms with Crippen molar-refractivity contribution in [2.24, 2.45) is 0 Å². The third kappa shape index (κ3) is 3.33. The Kier molecular flexibility index (Phi) is 4.55. The SMILES string of the molecule is Cc1cccc2c1N(C(=O)COc1ccc(Cl)cc1)CCC2O. The number of hydrogen-bond acceptors (Lipinski definition) is 3. The summed E-state index contributed by atoms with van der Waals surface area (Å²) in [5, 5.41) is 10.8. The van der Waals surface area contributed by atoms with E-state index in [1.807, 2.05) is 25.1 Å². The van der Waals surface area contributed by atoms with Gasteiger partial charge in [0.25, 0.3) is 5.91 Å². The van der Waals surface area contributed by atoms with Gasteiger partial charge in [-0.2, -0.15) is 0 Å². The van der Waals surface area contributed by atoms with Gasteiger partial charge in [-0.15, -0.1) is 0 Å². The van der Waals surface area contributed by atoms with Crippen molar-refractivity contribution in [3.05, 3.63) is 58.6 Å². The van der Waals surface area contributed by atoms with E-state index in [9.17, 15) is 9.90 Å². The van der Waals surface area contributed by atoms with E-state index in [4.69, 9.17) is 16.3 Å². The third-order valence-electron chi connectivity index (χ3n) is 4.00. The molecule has 0 aliphatic carbocycles. The molecule has 4 nitrogen and oxygen atoms in total. The van der Waals surface area contributed by atoms with Gasteiger partial charge in [0.1, 0.15) is 5.75 Å². The number of para-hydroxylation sites is 1. The summed E-state index contributed by atoms with van der Waals surface area (Å²) in [6.45, 7) is 2.38. The van der Waals surface area contributed by atoms with Crippen molar-refractivity contribution in [2.75, 3.05) is 18.1 Å². The molecule has 1 unspecified atom stereocenters. The van der Waals surface area contributed by atoms with E-state index in [0.29, 0.717) is 23.7 Å². The smallest absolute Gasteiger partial charge is 0.264 e. The van der Waals surface area contributed by atoms with Gasteiger partial charge >= 0.3 is 0 Å². The summed E-state index contributed by atoms with van der Waals surface area (Å²) >= 11 is 5.83. The number of halogens is 1. The second-order valence-electron chi connectivity index (χ2n) is 5.61. The van der Waals surface area contributed by atoms with Gasteiger partial charge in [-0.3, -0.25) is 4.79 Å². The predicted octanol–water partition coefficient (Wildman–Crippen LogP) is 3.50. The lowest BCUT2D eigenvalue weighted by molar-refractivity contribution is -0.120. The van der Waals surface area contributed by atoms with Gasteiger partial charge in [0.2, 0.25) is 0 Å². The minimum absolute atomic E-state index is 0.0501. The number of amides is 1. The van der Waals surface area contributed by atoms with E-state index in [2.05, 4.69) is 0 Å². The molecule has 1 aliphatic heterocycles. The van der Waals surface area contributed by atoms with E-state index in [-0.39, 0.29) is 12.5 Å². The Hall–Kier alpha value is -2.04. The molecule has 1 N–H and O–H groups in total. The Morgan fingerprint density at radius 2 is 2.04 bits per heavy atom. The minimum Gasteiger partial charge on any atom is -0.484 e. The van der Waals surface area contributed by atoms with E-state index < -0.39 is 6.10 Å². The zero-order chi connectivity index (χ0) is 16.4. The van der Waals surface area contributed by atoms with Crippen molar-refractivity contribution >= 4 is 23.2 Å². The first-order valence-electron chi connectivity index (χ1n) is 7.52. The average Bonchev–Trinajstić information content (AvgIpc) is 2.55. The Morgan fingerprint density at radius 1 is 1.30 bits per heavy atom. The summed E-state index contributed by atoms with van der Waals surface area (Å²) in [6.07, 6.45) is 0.00879. The summed E-state index contributed by atoms with van der Waals surface area (Å²) in [5.74, 6) is 0.479. The Balaban J connectivity index is 1.76. The highest BCUT2D eigenvalue weighted by molar-refractivity contribution is 6.30. The van der Waals surface area contributed by atoms with Crippen LogP contribution in [0, 0.1) is 6.92 Å². The number of anilines is 1. The van der Waals surface area contributed by atoms with Crippen LogP contribution in [-0.2, 0) is 4.79 Å². The number of hydrogen-bond donors (Lipinski definition) is 1. The maximum atomic E-state index is 12.6. The fourth-order valence-electron chi connectivity index (χ4n) is 2.84. The molecular weight excluding hydrogens is 314 g/mol. The van der Waals surface area contributed by atoms with Crippen LogP contribution in [0.2, 0.25) is 5.02 Å². The summed E-state index contributed by atoms with van der Waals surface area (Å²) < 4.78 is 5.55. The second-order valence-corrected chi connectivity index (χ2v) is 6.04. The van der Waals surface area contributed by atoms with Gasteiger partial charge in [0.05, 0.1) is 11.8 Å². The average molecular weight is 332 g/mol. The zero-order valence-corrected chi connectivity index (χ0v) is 13.6. The number of ether oxygens (including phenoxy) is 1. The molecule has 2 aromatic carbocycles. The molecule has 0 spiro atoms. The van der Waals surface area contributed by atoms with Crippen LogP contribution in [0.5, 0.6) is 5.75 Å². The summed E-state index contributed by atoms with van der Waals surface area (Å²) in [6, 6.07) is 12.6. The van der Waals surface area contributed by atoms with Gasteiger partial charge in [0.15, 0.2) is 6.61 Å². The van der Waals surface area contributed by atoms with E-state index in [0.717, 1.165) is 16.8 Å². The van der Waals surface area contributed by atoms with Crippen molar-refractivity contribution in [1.82, 2.24) is 0 Å². The number of fused-ring (bicyclic) bond motifs is 1. The number of carbonyl (C=O) groups excluding carboxylic acids is 1. The summed E-state index contributed by atoms with van der Waals surface area (Å²) in [5.41, 5.74) is 2.58. The number of aliphatic hydroxyl groups excluding tert-OH is 1. The van der Waals surface area contributed by atoms with E-state index in [1.165, 1.54) is 0 Å². The van der Waals surface area contributed by atoms with Gasteiger partial charge in [-0.1, -0.05) is 29.8 Å². The first kappa shape index (κ1) is 15.8. The summed E-state index contributed by atoms with van der Waals surface area (Å²) in [7, 11) is 0. The van der Waals surface area contributed by atoms with Crippen molar-refractivity contribution in [2.45, 2.75) is 19.4 Å². The molecule has 120 valence electrons. The molecule has 1 amide bonds. The molecule has 2 aromatic rings. The number of carbonyl (C=O) groups is 1. The maximum Gasteiger partial charge on any atom is 0.264 e. The van der Waals surface area contributed by atoms with Gasteiger partial charge in [-0.05, 0) is 43.2 Å². The van der Waals surface area contributed by atoms with E-state index >= 15 is 0 Å². The van der Waals surface area contributed by atoms with Crippen LogP contribution in [0.25, 0.3) is 0 Å². The Labute approximate surface area is 140 Å². The fraction of sp³-hybridized carbons (Fsp3) is 0.278. The van der Waals surface area contributed by atoms with E-state index in [1.54, 1.807) is 29.2 Å². The standard InChI is InChI=1S/C18H18ClNO3/c1-12-3-2-4-15-16(21)9-10-20(18(12)15)17(22)11-23-14-7-5-13(19)6-8-14/h2-8,16,21H,9-11H2,1H3. The lowest BCUT2D eigenvalue weighted by Crippen LogP contribution is -2.40. The van der Waals surface area contributed by atoms with Crippen molar-refractivity contribution in [1.29, 1.82) is 0 Å². The first-order chi connectivity index (χ1) is 11.1. The van der Waals surface area contributed by atoms with Gasteiger partial charge in [-0.25, -0.2) is 0 Å². The van der Waals surface area contributed by atoms with Gasteiger partial charge in [0, 0.05) is 17.1 Å². The number of aliphatic hydroxyl groups is 1. The number of rotatable bonds is 3. The van der Waals surface area contributed by atoms with Crippen LogP contribution in [-0.4, -0.2) is 24.2 Å². The summed E-state index contributed by atoms with van der Waals surface area (Å²) in [4.78, 5) is 14.3. The first-order valence-corrected chi connectivity index (χ1v) is 7.90. The molecular formula is C18H18ClNO3. The second kappa shape index (κ2) is 6.60. The number of aryl methyl sites for hydroxylation is 1. The quantitative estimate of drug-likeness (QED) is 0.936. The van der Waals surface area contributed by atoms with Crippen molar-refractivity contribution in [3.63, 3.8) is 0 Å². The lowest BCUT2D eigenvalue weighted by atomic mass is 9.96. The van der Waals surface area contributed by atoms with Crippen LogP contribution < -0.4 is 9.64 Å². The van der Waals surface area contributed by atoms with Crippen LogP contribution in [0.1, 0.15) is 23.7 Å². The molecule has 0 bridgehead atoms. The highest BCUT2D eigenvalue weighted by atomic mass is 35.5. The minimum atomic E-state index is -0.522. The molecule has 23 heavy (non-hydrogen) atoms. The number of benzene rings is 2. The van der Waals surface area contributed by atoms with Gasteiger partial charge < -0.3 is 14.7 Å². The molecule has 0 radical (unpaired) electrons. The maximum absolute atomic E-state index is 12.6. The molecule has 1 aliphatic rings. The number of nitrogens with zero attached hydrogens (tertiary/aromatic N) is 1. The predicted molar refractivity (Wildman–Crippen MR) is 90.1 cm³/mol. The fourth-order valence-corrected chi connectivity index (χ4v) is 2.97. The molecule has 0 saturated heterocycles. The Morgan fingerprint density at radius 3 is 2.78 bits per heavy atom.